The molecule has 0 spiro atoms. The van der Waals surface area contributed by atoms with Crippen molar-refractivity contribution in [3.8, 4) is 10.8 Å². The Hall–Kier alpha value is -1.50. The molecule has 0 aliphatic heterocycles. The molecular formula is C16H17BrN3OS+. The van der Waals surface area contributed by atoms with E-state index in [9.17, 15) is 0 Å². The Morgan fingerprint density at radius 3 is 2.68 bits per heavy atom. The van der Waals surface area contributed by atoms with E-state index in [2.05, 4.69) is 64.4 Å². The number of hydrogen-bond acceptors (Lipinski definition) is 4. The van der Waals surface area contributed by atoms with Crippen molar-refractivity contribution in [1.82, 2.24) is 10.2 Å². The van der Waals surface area contributed by atoms with Gasteiger partial charge in [-0.1, -0.05) is 34.1 Å². The normalized spacial score (nSPS) is 14.0. The van der Waals surface area contributed by atoms with Gasteiger partial charge >= 0.3 is 0 Å². The minimum Gasteiger partial charge on any atom is -0.414 e. The first-order valence-electron chi connectivity index (χ1n) is 7.07. The number of nitrogens with zero attached hydrogens (tertiary/aromatic N) is 2. The highest BCUT2D eigenvalue weighted by atomic mass is 79.9. The highest BCUT2D eigenvalue weighted by molar-refractivity contribution is 9.10. The Bertz CT molecular complexity index is 724. The molecule has 2 heterocycles. The summed E-state index contributed by atoms with van der Waals surface area (Å²) in [5.74, 6) is 1.28. The fourth-order valence-electron chi connectivity index (χ4n) is 2.20. The van der Waals surface area contributed by atoms with Crippen LogP contribution in [0.15, 0.2) is 50.7 Å². The van der Waals surface area contributed by atoms with E-state index in [0.717, 1.165) is 15.9 Å². The number of halogens is 1. The number of thiophene rings is 1. The van der Waals surface area contributed by atoms with Gasteiger partial charge in [-0.05, 0) is 30.5 Å². The molecule has 4 nitrogen and oxygen atoms in total. The molecule has 0 saturated carbocycles. The van der Waals surface area contributed by atoms with Crippen molar-refractivity contribution in [2.45, 2.75) is 19.5 Å². The fourth-order valence-corrected chi connectivity index (χ4v) is 3.11. The Morgan fingerprint density at radius 2 is 2.00 bits per heavy atom. The first-order chi connectivity index (χ1) is 10.6. The summed E-state index contributed by atoms with van der Waals surface area (Å²) in [6, 6.07) is 12.5. The Kier molecular flexibility index (Phi) is 4.71. The fraction of sp³-hybridized carbons (Fsp3) is 0.250. The topological polar surface area (TPSA) is 43.4 Å². The van der Waals surface area contributed by atoms with Crippen molar-refractivity contribution in [1.29, 1.82) is 0 Å². The van der Waals surface area contributed by atoms with Crippen LogP contribution in [0.5, 0.6) is 0 Å². The van der Waals surface area contributed by atoms with E-state index in [-0.39, 0.29) is 6.04 Å². The largest absolute Gasteiger partial charge is 0.414 e. The van der Waals surface area contributed by atoms with Crippen LogP contribution in [-0.4, -0.2) is 17.2 Å². The van der Waals surface area contributed by atoms with Crippen molar-refractivity contribution >= 4 is 27.3 Å². The first-order valence-corrected chi connectivity index (χ1v) is 8.75. The Morgan fingerprint density at radius 1 is 1.23 bits per heavy atom. The smallest absolute Gasteiger partial charge is 0.274 e. The molecule has 3 aromatic rings. The lowest BCUT2D eigenvalue weighted by atomic mass is 10.2. The number of hydrogen-bond donors (Lipinski definition) is 1. The SMILES string of the molecule is C[C@H](c1nnc(-c2cccs2)o1)[NH+](C)Cc1ccc(Br)cc1. The molecule has 0 bridgehead atoms. The molecule has 2 aromatic heterocycles. The van der Waals surface area contributed by atoms with Crippen LogP contribution in [-0.2, 0) is 6.54 Å². The van der Waals surface area contributed by atoms with Gasteiger partial charge in [-0.15, -0.1) is 21.5 Å². The van der Waals surface area contributed by atoms with Gasteiger partial charge in [0.2, 0.25) is 0 Å². The lowest BCUT2D eigenvalue weighted by Gasteiger charge is -2.18. The van der Waals surface area contributed by atoms with E-state index in [1.54, 1.807) is 11.3 Å². The summed E-state index contributed by atoms with van der Waals surface area (Å²) in [7, 11) is 2.14. The third kappa shape index (κ3) is 3.45. The monoisotopic (exact) mass is 378 g/mol. The second-order valence-electron chi connectivity index (χ2n) is 5.29. The maximum absolute atomic E-state index is 5.83. The van der Waals surface area contributed by atoms with E-state index in [0.29, 0.717) is 11.8 Å². The van der Waals surface area contributed by atoms with Crippen LogP contribution in [0.2, 0.25) is 0 Å². The van der Waals surface area contributed by atoms with Crippen molar-refractivity contribution in [3.63, 3.8) is 0 Å². The summed E-state index contributed by atoms with van der Waals surface area (Å²) in [6.45, 7) is 3.02. The molecule has 0 radical (unpaired) electrons. The lowest BCUT2D eigenvalue weighted by Crippen LogP contribution is -3.07. The highest BCUT2D eigenvalue weighted by Gasteiger charge is 2.22. The Labute approximate surface area is 141 Å². The number of quaternary nitrogens is 1. The van der Waals surface area contributed by atoms with Crippen LogP contribution < -0.4 is 4.90 Å². The van der Waals surface area contributed by atoms with Gasteiger partial charge in [-0.3, -0.25) is 0 Å². The zero-order valence-electron chi connectivity index (χ0n) is 12.4. The van der Waals surface area contributed by atoms with Crippen molar-refractivity contribution in [2.24, 2.45) is 0 Å². The van der Waals surface area contributed by atoms with Crippen LogP contribution in [0.1, 0.15) is 24.4 Å². The van der Waals surface area contributed by atoms with Crippen LogP contribution in [0.25, 0.3) is 10.8 Å². The van der Waals surface area contributed by atoms with E-state index >= 15 is 0 Å². The summed E-state index contributed by atoms with van der Waals surface area (Å²) < 4.78 is 6.92. The minimum atomic E-state index is 0.143. The van der Waals surface area contributed by atoms with Crippen molar-refractivity contribution in [2.75, 3.05) is 7.05 Å². The average Bonchev–Trinajstić information content (AvgIpc) is 3.19. The maximum Gasteiger partial charge on any atom is 0.274 e. The van der Waals surface area contributed by atoms with E-state index in [4.69, 9.17) is 4.42 Å². The van der Waals surface area contributed by atoms with Gasteiger partial charge in [0.1, 0.15) is 6.54 Å². The minimum absolute atomic E-state index is 0.143. The number of benzene rings is 1. The first kappa shape index (κ1) is 15.4. The van der Waals surface area contributed by atoms with Gasteiger partial charge in [0, 0.05) is 10.0 Å². The summed E-state index contributed by atoms with van der Waals surface area (Å²) in [5, 5.41) is 10.4. The number of nitrogens with one attached hydrogen (secondary N) is 1. The molecule has 22 heavy (non-hydrogen) atoms. The van der Waals surface area contributed by atoms with Gasteiger partial charge in [0.05, 0.1) is 11.9 Å². The molecule has 2 atom stereocenters. The summed E-state index contributed by atoms with van der Waals surface area (Å²) in [4.78, 5) is 2.32. The molecule has 1 N–H and O–H groups in total. The van der Waals surface area contributed by atoms with Gasteiger partial charge in [0.25, 0.3) is 11.8 Å². The zero-order valence-corrected chi connectivity index (χ0v) is 14.8. The summed E-state index contributed by atoms with van der Waals surface area (Å²) in [6.07, 6.45) is 0. The zero-order chi connectivity index (χ0) is 15.5. The lowest BCUT2D eigenvalue weighted by molar-refractivity contribution is -0.925. The van der Waals surface area contributed by atoms with Gasteiger partial charge in [-0.25, -0.2) is 0 Å². The standard InChI is InChI=1S/C16H16BrN3OS/c1-11(20(2)10-12-5-7-13(17)8-6-12)15-18-19-16(21-15)14-4-3-9-22-14/h3-9,11H,10H2,1-2H3/p+1/t11-/m1/s1. The maximum atomic E-state index is 5.83. The number of rotatable bonds is 5. The van der Waals surface area contributed by atoms with E-state index in [1.165, 1.54) is 10.5 Å². The second kappa shape index (κ2) is 6.73. The van der Waals surface area contributed by atoms with Crippen LogP contribution in [0.3, 0.4) is 0 Å². The number of aromatic nitrogens is 2. The molecule has 0 fully saturated rings. The molecule has 0 aliphatic carbocycles. The Balaban J connectivity index is 1.70. The molecule has 1 aromatic carbocycles. The molecule has 6 heteroatoms. The third-order valence-electron chi connectivity index (χ3n) is 3.68. The second-order valence-corrected chi connectivity index (χ2v) is 7.16. The molecule has 0 amide bonds. The van der Waals surface area contributed by atoms with Crippen LogP contribution in [0, 0.1) is 0 Å². The van der Waals surface area contributed by atoms with Gasteiger partial charge < -0.3 is 9.32 Å². The quantitative estimate of drug-likeness (QED) is 0.740. The predicted molar refractivity (Wildman–Crippen MR) is 90.8 cm³/mol. The average molecular weight is 379 g/mol. The highest BCUT2D eigenvalue weighted by Crippen LogP contribution is 2.24. The molecule has 3 rings (SSSR count). The van der Waals surface area contributed by atoms with Crippen LogP contribution in [0.4, 0.5) is 0 Å². The van der Waals surface area contributed by atoms with E-state index < -0.39 is 0 Å². The van der Waals surface area contributed by atoms with Gasteiger partial charge in [-0.2, -0.15) is 0 Å². The van der Waals surface area contributed by atoms with E-state index in [1.807, 2.05) is 17.5 Å². The van der Waals surface area contributed by atoms with Gasteiger partial charge in [0.15, 0.2) is 6.04 Å². The predicted octanol–water partition coefficient (Wildman–Crippen LogP) is 3.34. The molecule has 0 saturated heterocycles. The summed E-state index contributed by atoms with van der Waals surface area (Å²) in [5.41, 5.74) is 1.28. The summed E-state index contributed by atoms with van der Waals surface area (Å²) >= 11 is 5.07. The van der Waals surface area contributed by atoms with Crippen molar-refractivity contribution < 1.29 is 9.32 Å². The molecular weight excluding hydrogens is 362 g/mol. The molecule has 1 unspecified atom stereocenters. The van der Waals surface area contributed by atoms with Crippen LogP contribution >= 0.6 is 27.3 Å². The third-order valence-corrected chi connectivity index (χ3v) is 5.06. The molecule has 114 valence electrons. The van der Waals surface area contributed by atoms with Crippen molar-refractivity contribution in [3.05, 3.63) is 57.7 Å². The molecule has 0 aliphatic rings.